The Hall–Kier alpha value is -0.560. The maximum absolute atomic E-state index is 5.44. The van der Waals surface area contributed by atoms with E-state index < -0.39 is 0 Å². The van der Waals surface area contributed by atoms with E-state index in [-0.39, 0.29) is 11.6 Å². The van der Waals surface area contributed by atoms with Crippen molar-refractivity contribution in [2.45, 2.75) is 45.3 Å². The fourth-order valence-corrected chi connectivity index (χ4v) is 1.12. The third-order valence-electron chi connectivity index (χ3n) is 2.30. The van der Waals surface area contributed by atoms with Crippen LogP contribution >= 0.6 is 0 Å². The van der Waals surface area contributed by atoms with E-state index in [1.165, 1.54) is 0 Å². The molecular formula is C10H20N2O. The summed E-state index contributed by atoms with van der Waals surface area (Å²) in [6.45, 7) is 5.86. The number of hydrogen-bond donors (Lipinski definition) is 2. The van der Waals surface area contributed by atoms with Crippen LogP contribution in [0.25, 0.3) is 0 Å². The average molecular weight is 184 g/mol. The molecular weight excluding hydrogens is 164 g/mol. The molecule has 76 valence electrons. The molecule has 1 atom stereocenters. The van der Waals surface area contributed by atoms with Gasteiger partial charge in [0.2, 0.25) is 0 Å². The second kappa shape index (κ2) is 5.98. The summed E-state index contributed by atoms with van der Waals surface area (Å²) in [5.74, 6) is 11.3. The van der Waals surface area contributed by atoms with Crippen LogP contribution in [-0.2, 0) is 4.74 Å². The number of hydrogen-bond acceptors (Lipinski definition) is 3. The van der Waals surface area contributed by atoms with Crippen LogP contribution in [0, 0.1) is 11.8 Å². The van der Waals surface area contributed by atoms with Crippen molar-refractivity contribution in [2.24, 2.45) is 5.84 Å². The fraction of sp³-hybridized carbons (Fsp3) is 0.800. The Morgan fingerprint density at radius 2 is 2.15 bits per heavy atom. The quantitative estimate of drug-likeness (QED) is 0.381. The first kappa shape index (κ1) is 12.4. The Balaban J connectivity index is 4.06. The number of ether oxygens (including phenoxy) is 1. The van der Waals surface area contributed by atoms with E-state index in [9.17, 15) is 0 Å². The fourth-order valence-electron chi connectivity index (χ4n) is 1.12. The summed E-state index contributed by atoms with van der Waals surface area (Å²) >= 11 is 0. The van der Waals surface area contributed by atoms with Gasteiger partial charge in [-0.25, -0.2) is 0 Å². The zero-order valence-electron chi connectivity index (χ0n) is 8.98. The molecule has 0 aromatic heterocycles. The Kier molecular flexibility index (Phi) is 5.72. The number of methoxy groups -OCH3 is 1. The molecule has 0 spiro atoms. The van der Waals surface area contributed by atoms with Crippen LogP contribution < -0.4 is 11.3 Å². The average Bonchev–Trinajstić information content (AvgIpc) is 2.12. The monoisotopic (exact) mass is 184 g/mol. The Labute approximate surface area is 81.0 Å². The van der Waals surface area contributed by atoms with Crippen LogP contribution in [0.2, 0.25) is 0 Å². The summed E-state index contributed by atoms with van der Waals surface area (Å²) < 4.78 is 5.33. The van der Waals surface area contributed by atoms with E-state index >= 15 is 0 Å². The maximum Gasteiger partial charge on any atom is 0.0788 e. The minimum Gasteiger partial charge on any atom is -0.377 e. The van der Waals surface area contributed by atoms with Crippen molar-refractivity contribution >= 4 is 0 Å². The van der Waals surface area contributed by atoms with Gasteiger partial charge in [0.1, 0.15) is 0 Å². The zero-order valence-corrected chi connectivity index (χ0v) is 8.98. The molecule has 0 saturated carbocycles. The third-order valence-corrected chi connectivity index (χ3v) is 2.30. The first-order chi connectivity index (χ1) is 6.08. The van der Waals surface area contributed by atoms with E-state index in [1.54, 1.807) is 7.11 Å². The Morgan fingerprint density at radius 1 is 1.54 bits per heavy atom. The van der Waals surface area contributed by atoms with Gasteiger partial charge >= 0.3 is 0 Å². The van der Waals surface area contributed by atoms with Gasteiger partial charge in [-0.2, -0.15) is 0 Å². The van der Waals surface area contributed by atoms with E-state index in [2.05, 4.69) is 17.3 Å². The minimum absolute atomic E-state index is 0.137. The third kappa shape index (κ3) is 4.28. The molecule has 13 heavy (non-hydrogen) atoms. The summed E-state index contributed by atoms with van der Waals surface area (Å²) in [5, 5.41) is 0. The van der Waals surface area contributed by atoms with Crippen LogP contribution in [0.3, 0.4) is 0 Å². The first-order valence-corrected chi connectivity index (χ1v) is 4.49. The van der Waals surface area contributed by atoms with Gasteiger partial charge in [0, 0.05) is 13.5 Å². The topological polar surface area (TPSA) is 47.3 Å². The molecule has 0 saturated heterocycles. The van der Waals surface area contributed by atoms with Crippen LogP contribution in [0.5, 0.6) is 0 Å². The number of hydrazine groups is 1. The second-order valence-electron chi connectivity index (χ2n) is 3.49. The summed E-state index contributed by atoms with van der Waals surface area (Å²) in [5.41, 5.74) is 2.51. The highest BCUT2D eigenvalue weighted by atomic mass is 16.5. The molecule has 0 heterocycles. The molecule has 3 N–H and O–H groups in total. The van der Waals surface area contributed by atoms with Crippen molar-refractivity contribution in [3.05, 3.63) is 0 Å². The van der Waals surface area contributed by atoms with Crippen molar-refractivity contribution in [2.75, 3.05) is 7.11 Å². The zero-order chi connectivity index (χ0) is 10.3. The molecule has 0 aromatic rings. The van der Waals surface area contributed by atoms with E-state index in [1.807, 2.05) is 20.8 Å². The summed E-state index contributed by atoms with van der Waals surface area (Å²) in [6, 6.07) is 0.137. The van der Waals surface area contributed by atoms with Crippen molar-refractivity contribution in [3.8, 4) is 11.8 Å². The normalized spacial score (nSPS) is 13.3. The van der Waals surface area contributed by atoms with Crippen LogP contribution in [0.1, 0.15) is 33.6 Å². The van der Waals surface area contributed by atoms with E-state index in [0.717, 1.165) is 12.8 Å². The highest BCUT2D eigenvalue weighted by Gasteiger charge is 2.27. The van der Waals surface area contributed by atoms with Crippen LogP contribution in [0.15, 0.2) is 0 Å². The van der Waals surface area contributed by atoms with Gasteiger partial charge < -0.3 is 4.74 Å². The van der Waals surface area contributed by atoms with Crippen molar-refractivity contribution in [1.29, 1.82) is 0 Å². The molecule has 1 unspecified atom stereocenters. The van der Waals surface area contributed by atoms with Gasteiger partial charge in [0.05, 0.1) is 11.6 Å². The highest BCUT2D eigenvalue weighted by molar-refractivity contribution is 4.97. The van der Waals surface area contributed by atoms with Gasteiger partial charge in [-0.3, -0.25) is 11.3 Å². The van der Waals surface area contributed by atoms with Crippen LogP contribution in [0.4, 0.5) is 0 Å². The van der Waals surface area contributed by atoms with Crippen molar-refractivity contribution in [3.63, 3.8) is 0 Å². The molecule has 0 aliphatic carbocycles. The second-order valence-corrected chi connectivity index (χ2v) is 3.49. The van der Waals surface area contributed by atoms with Crippen molar-refractivity contribution in [1.82, 2.24) is 5.43 Å². The summed E-state index contributed by atoms with van der Waals surface area (Å²) in [6.07, 6.45) is 1.75. The molecule has 3 heteroatoms. The first-order valence-electron chi connectivity index (χ1n) is 4.49. The SMILES string of the molecule is CC#CCCC(NN)C(C)(C)OC. The molecule has 0 radical (unpaired) electrons. The van der Waals surface area contributed by atoms with Gasteiger partial charge in [-0.15, -0.1) is 11.8 Å². The lowest BCUT2D eigenvalue weighted by atomic mass is 9.95. The molecule has 0 amide bonds. The highest BCUT2D eigenvalue weighted by Crippen LogP contribution is 2.16. The van der Waals surface area contributed by atoms with Gasteiger partial charge in [0.15, 0.2) is 0 Å². The van der Waals surface area contributed by atoms with E-state index in [4.69, 9.17) is 10.6 Å². The maximum atomic E-state index is 5.44. The Bertz CT molecular complexity index is 191. The predicted molar refractivity (Wildman–Crippen MR) is 54.9 cm³/mol. The molecule has 0 rings (SSSR count). The molecule has 0 aliphatic rings. The minimum atomic E-state index is -0.246. The molecule has 0 fully saturated rings. The Morgan fingerprint density at radius 3 is 2.54 bits per heavy atom. The molecule has 3 nitrogen and oxygen atoms in total. The van der Waals surface area contributed by atoms with Crippen LogP contribution in [-0.4, -0.2) is 18.8 Å². The summed E-state index contributed by atoms with van der Waals surface area (Å²) in [7, 11) is 1.69. The van der Waals surface area contributed by atoms with Gasteiger partial charge in [-0.1, -0.05) is 0 Å². The largest absolute Gasteiger partial charge is 0.377 e. The number of rotatable bonds is 5. The standard InChI is InChI=1S/C10H20N2O/c1-5-6-7-8-9(12-11)10(2,3)13-4/h9,12H,7-8,11H2,1-4H3. The molecule has 0 bridgehead atoms. The predicted octanol–water partition coefficient (Wildman–Crippen LogP) is 1.05. The molecule has 0 aromatic carbocycles. The molecule has 0 aliphatic heterocycles. The summed E-state index contributed by atoms with van der Waals surface area (Å²) in [4.78, 5) is 0. The number of nitrogens with two attached hydrogens (primary N) is 1. The van der Waals surface area contributed by atoms with Gasteiger partial charge in [0.25, 0.3) is 0 Å². The smallest absolute Gasteiger partial charge is 0.0788 e. The lowest BCUT2D eigenvalue weighted by molar-refractivity contribution is -0.0121. The number of nitrogens with one attached hydrogen (secondary N) is 1. The van der Waals surface area contributed by atoms with Crippen molar-refractivity contribution < 1.29 is 4.74 Å². The van der Waals surface area contributed by atoms with Gasteiger partial charge in [-0.05, 0) is 27.2 Å². The lowest BCUT2D eigenvalue weighted by Gasteiger charge is -2.32. The van der Waals surface area contributed by atoms with E-state index in [0.29, 0.717) is 0 Å². The lowest BCUT2D eigenvalue weighted by Crippen LogP contribution is -2.50.